The van der Waals surface area contributed by atoms with E-state index in [1.54, 1.807) is 30.3 Å². The smallest absolute Gasteiger partial charge is 0.274 e. The number of amides is 2. The second kappa shape index (κ2) is 4.94. The number of non-ortho nitro benzene ring substituents is 1. The predicted octanol–water partition coefficient (Wildman–Crippen LogP) is 3.53. The van der Waals surface area contributed by atoms with Crippen molar-refractivity contribution in [1.82, 2.24) is 0 Å². The Morgan fingerprint density at radius 2 is 1.44 bits per heavy atom. The fourth-order valence-corrected chi connectivity index (χ4v) is 6.40. The largest absolute Gasteiger partial charge is 0.277 e. The van der Waals surface area contributed by atoms with Gasteiger partial charge in [-0.1, -0.05) is 18.2 Å². The number of nitrogens with zero attached hydrogens (tertiary/aromatic N) is 2. The summed E-state index contributed by atoms with van der Waals surface area (Å²) >= 11 is 0. The number of rotatable bonds is 2. The van der Waals surface area contributed by atoms with Gasteiger partial charge in [-0.15, -0.1) is 0 Å². The molecule has 2 aromatic rings. The van der Waals surface area contributed by atoms with Crippen molar-refractivity contribution in [3.8, 4) is 0 Å². The Bertz CT molecular complexity index is 1010. The van der Waals surface area contributed by atoms with Gasteiger partial charge in [-0.25, -0.2) is 4.90 Å². The molecule has 0 aromatic heterocycles. The number of fused-ring (bicyclic) bond motifs is 2. The first-order valence-electron chi connectivity index (χ1n) is 9.62. The monoisotopic (exact) mass is 362 g/mol. The molecule has 6 nitrogen and oxygen atoms in total. The van der Waals surface area contributed by atoms with Gasteiger partial charge >= 0.3 is 0 Å². The molecule has 27 heavy (non-hydrogen) atoms. The van der Waals surface area contributed by atoms with Crippen LogP contribution in [0.1, 0.15) is 19.3 Å². The molecule has 5 fully saturated rings. The highest BCUT2D eigenvalue weighted by Crippen LogP contribution is 2.68. The van der Waals surface area contributed by atoms with Crippen molar-refractivity contribution >= 4 is 34.0 Å². The number of nitro benzene ring substituents is 1. The summed E-state index contributed by atoms with van der Waals surface area (Å²) in [4.78, 5) is 39.0. The number of nitro groups is 1. The van der Waals surface area contributed by atoms with E-state index >= 15 is 0 Å². The van der Waals surface area contributed by atoms with Gasteiger partial charge in [0, 0.05) is 11.5 Å². The minimum atomic E-state index is -0.423. The van der Waals surface area contributed by atoms with Crippen molar-refractivity contribution in [3.05, 3.63) is 46.5 Å². The molecule has 0 N–H and O–H groups in total. The number of benzene rings is 2. The summed E-state index contributed by atoms with van der Waals surface area (Å²) in [6.07, 6.45) is 3.30. The fourth-order valence-electron chi connectivity index (χ4n) is 6.40. The van der Waals surface area contributed by atoms with Crippen LogP contribution >= 0.6 is 0 Å². The van der Waals surface area contributed by atoms with Crippen LogP contribution in [0, 0.1) is 45.6 Å². The zero-order valence-electron chi connectivity index (χ0n) is 14.6. The SMILES string of the molecule is O=C1C2C3CCC(C4CC43)C2C(=O)N1c1ccc([N+](=O)[O-])c2ccccc12. The molecule has 7 rings (SSSR count). The third-order valence-corrected chi connectivity index (χ3v) is 7.46. The molecule has 136 valence electrons. The van der Waals surface area contributed by atoms with Gasteiger partial charge in [-0.3, -0.25) is 19.7 Å². The van der Waals surface area contributed by atoms with Gasteiger partial charge in [0.1, 0.15) is 0 Å². The summed E-state index contributed by atoms with van der Waals surface area (Å²) in [7, 11) is 0. The maximum absolute atomic E-state index is 13.3. The molecule has 4 saturated carbocycles. The van der Waals surface area contributed by atoms with E-state index in [1.807, 2.05) is 0 Å². The van der Waals surface area contributed by atoms with Crippen molar-refractivity contribution in [2.45, 2.75) is 19.3 Å². The minimum Gasteiger partial charge on any atom is -0.274 e. The first-order valence-corrected chi connectivity index (χ1v) is 9.62. The molecule has 2 aromatic carbocycles. The summed E-state index contributed by atoms with van der Waals surface area (Å²) in [5.74, 6) is 1.40. The van der Waals surface area contributed by atoms with Gasteiger partial charge in [0.15, 0.2) is 0 Å². The van der Waals surface area contributed by atoms with E-state index in [-0.39, 0.29) is 29.3 Å². The molecular formula is C21H18N2O4. The van der Waals surface area contributed by atoms with E-state index in [2.05, 4.69) is 0 Å². The molecule has 5 aliphatic rings. The topological polar surface area (TPSA) is 80.5 Å². The van der Waals surface area contributed by atoms with Crippen LogP contribution in [0.25, 0.3) is 10.8 Å². The average Bonchev–Trinajstić information content (AvgIpc) is 3.45. The van der Waals surface area contributed by atoms with Crippen LogP contribution in [0.5, 0.6) is 0 Å². The van der Waals surface area contributed by atoms with Gasteiger partial charge in [-0.2, -0.15) is 0 Å². The van der Waals surface area contributed by atoms with Crippen LogP contribution in [0.15, 0.2) is 36.4 Å². The third kappa shape index (κ3) is 1.80. The molecule has 1 heterocycles. The number of hydrogen-bond acceptors (Lipinski definition) is 4. The molecule has 2 bridgehead atoms. The first-order chi connectivity index (χ1) is 13.1. The second-order valence-electron chi connectivity index (χ2n) is 8.44. The summed E-state index contributed by atoms with van der Waals surface area (Å²) in [6, 6.07) is 9.93. The van der Waals surface area contributed by atoms with Crippen LogP contribution in [0.2, 0.25) is 0 Å². The maximum Gasteiger partial charge on any atom is 0.277 e. The Balaban J connectivity index is 1.51. The standard InChI is InChI=1S/C21H18N2O4/c24-20-18-12-5-6-13(15-9-14(12)15)19(18)21(25)22(20)16-7-8-17(23(26)27)11-4-2-1-3-10(11)16/h1-4,7-8,12-15,18-19H,5-6,9H2. The lowest BCUT2D eigenvalue weighted by Gasteiger charge is -2.42. The molecule has 0 radical (unpaired) electrons. The summed E-state index contributed by atoms with van der Waals surface area (Å²) in [5, 5.41) is 12.4. The Morgan fingerprint density at radius 1 is 0.852 bits per heavy atom. The molecule has 2 amide bonds. The Labute approximate surface area is 155 Å². The van der Waals surface area contributed by atoms with Gasteiger partial charge in [0.2, 0.25) is 11.8 Å². The zero-order chi connectivity index (χ0) is 18.4. The molecule has 6 unspecified atom stereocenters. The molecule has 1 saturated heterocycles. The maximum atomic E-state index is 13.3. The lowest BCUT2D eigenvalue weighted by molar-refractivity contribution is -0.383. The first kappa shape index (κ1) is 15.3. The van der Waals surface area contributed by atoms with E-state index in [4.69, 9.17) is 0 Å². The second-order valence-corrected chi connectivity index (χ2v) is 8.44. The van der Waals surface area contributed by atoms with E-state index < -0.39 is 4.92 Å². The van der Waals surface area contributed by atoms with Crippen LogP contribution in [-0.4, -0.2) is 16.7 Å². The Morgan fingerprint density at radius 3 is 2.04 bits per heavy atom. The van der Waals surface area contributed by atoms with Crippen LogP contribution in [0.4, 0.5) is 11.4 Å². The van der Waals surface area contributed by atoms with Gasteiger partial charge in [-0.05, 0) is 55.1 Å². The fraction of sp³-hybridized carbons (Fsp3) is 0.429. The van der Waals surface area contributed by atoms with Gasteiger partial charge in [0.25, 0.3) is 5.69 Å². The quantitative estimate of drug-likeness (QED) is 0.465. The molecular weight excluding hydrogens is 344 g/mol. The van der Waals surface area contributed by atoms with Crippen LogP contribution in [0.3, 0.4) is 0 Å². The number of hydrogen-bond donors (Lipinski definition) is 0. The van der Waals surface area contributed by atoms with E-state index in [9.17, 15) is 19.7 Å². The highest BCUT2D eigenvalue weighted by Gasteiger charge is 2.68. The van der Waals surface area contributed by atoms with Crippen molar-refractivity contribution in [2.75, 3.05) is 4.90 Å². The lowest BCUT2D eigenvalue weighted by atomic mass is 9.59. The minimum absolute atomic E-state index is 0.00725. The van der Waals surface area contributed by atoms with Gasteiger partial charge < -0.3 is 0 Å². The highest BCUT2D eigenvalue weighted by atomic mass is 16.6. The molecule has 6 atom stereocenters. The van der Waals surface area contributed by atoms with E-state index in [0.717, 1.165) is 12.8 Å². The van der Waals surface area contributed by atoms with Crippen LogP contribution < -0.4 is 4.90 Å². The van der Waals surface area contributed by atoms with E-state index in [1.165, 1.54) is 17.4 Å². The number of anilines is 1. The number of carbonyl (C=O) groups is 2. The van der Waals surface area contributed by atoms with Crippen molar-refractivity contribution < 1.29 is 14.5 Å². The summed E-state index contributed by atoms with van der Waals surface area (Å²) in [6.45, 7) is 0. The lowest BCUT2D eigenvalue weighted by Crippen LogP contribution is -2.43. The summed E-state index contributed by atoms with van der Waals surface area (Å²) < 4.78 is 0. The summed E-state index contributed by atoms with van der Waals surface area (Å²) in [5.41, 5.74) is 0.487. The Hall–Kier alpha value is -2.76. The number of carbonyl (C=O) groups excluding carboxylic acids is 2. The molecule has 4 aliphatic carbocycles. The highest BCUT2D eigenvalue weighted by molar-refractivity contribution is 6.25. The van der Waals surface area contributed by atoms with Crippen molar-refractivity contribution in [2.24, 2.45) is 35.5 Å². The van der Waals surface area contributed by atoms with Gasteiger partial charge in [0.05, 0.1) is 27.8 Å². The molecule has 1 aliphatic heterocycles. The molecule has 6 heteroatoms. The molecule has 0 spiro atoms. The normalized spacial score (nSPS) is 36.1. The van der Waals surface area contributed by atoms with Crippen molar-refractivity contribution in [3.63, 3.8) is 0 Å². The van der Waals surface area contributed by atoms with Crippen LogP contribution in [-0.2, 0) is 9.59 Å². The predicted molar refractivity (Wildman–Crippen MR) is 97.9 cm³/mol. The van der Waals surface area contributed by atoms with Crippen molar-refractivity contribution in [1.29, 1.82) is 0 Å². The number of imide groups is 1. The average molecular weight is 362 g/mol. The zero-order valence-corrected chi connectivity index (χ0v) is 14.6. The third-order valence-electron chi connectivity index (χ3n) is 7.46. The van der Waals surface area contributed by atoms with E-state index in [0.29, 0.717) is 40.1 Å². The Kier molecular flexibility index (Phi) is 2.80.